The lowest BCUT2D eigenvalue weighted by atomic mass is 9.89. The molecule has 1 unspecified atom stereocenters. The Bertz CT molecular complexity index is 1020. The van der Waals surface area contributed by atoms with Crippen LogP contribution in [0.5, 0.6) is 0 Å². The Balaban J connectivity index is 1.93. The molecular formula is C25H32N4O4. The number of rotatable bonds is 6. The number of nitrogens with zero attached hydrogens (tertiary/aromatic N) is 1. The summed E-state index contributed by atoms with van der Waals surface area (Å²) in [5, 5.41) is 5.71. The van der Waals surface area contributed by atoms with Gasteiger partial charge in [-0.25, -0.2) is 4.79 Å². The van der Waals surface area contributed by atoms with E-state index in [4.69, 9.17) is 10.5 Å². The van der Waals surface area contributed by atoms with Crippen LogP contribution in [0.15, 0.2) is 42.5 Å². The van der Waals surface area contributed by atoms with E-state index in [0.717, 1.165) is 22.4 Å². The number of hydrogen-bond acceptors (Lipinski definition) is 5. The van der Waals surface area contributed by atoms with Crippen molar-refractivity contribution in [1.82, 2.24) is 10.6 Å². The second kappa shape index (κ2) is 10.5. The van der Waals surface area contributed by atoms with Crippen molar-refractivity contribution in [3.63, 3.8) is 0 Å². The van der Waals surface area contributed by atoms with E-state index in [0.29, 0.717) is 25.1 Å². The molecular weight excluding hydrogens is 420 g/mol. The number of carbonyl (C=O) groups is 3. The van der Waals surface area contributed by atoms with Crippen molar-refractivity contribution in [1.29, 1.82) is 0 Å². The summed E-state index contributed by atoms with van der Waals surface area (Å²) in [6.07, 6.45) is -0.141. The molecule has 2 aromatic carbocycles. The molecule has 1 aliphatic rings. The monoisotopic (exact) mass is 452 g/mol. The van der Waals surface area contributed by atoms with Gasteiger partial charge in [0.15, 0.2) is 0 Å². The first-order valence-corrected chi connectivity index (χ1v) is 11.2. The molecule has 2 aromatic rings. The van der Waals surface area contributed by atoms with Crippen molar-refractivity contribution >= 4 is 23.6 Å². The molecule has 0 aromatic heterocycles. The summed E-state index contributed by atoms with van der Waals surface area (Å²) in [7, 11) is 0. The summed E-state index contributed by atoms with van der Waals surface area (Å²) in [6, 6.07) is 12.8. The molecule has 1 heterocycles. The van der Waals surface area contributed by atoms with Gasteiger partial charge in [-0.3, -0.25) is 9.59 Å². The molecule has 0 radical (unpaired) electrons. The van der Waals surface area contributed by atoms with Crippen LogP contribution in [0.1, 0.15) is 56.1 Å². The van der Waals surface area contributed by atoms with Crippen LogP contribution in [-0.2, 0) is 9.53 Å². The Labute approximate surface area is 194 Å². The van der Waals surface area contributed by atoms with E-state index in [1.54, 1.807) is 37.8 Å². The Morgan fingerprint density at radius 1 is 1.12 bits per heavy atom. The maximum absolute atomic E-state index is 12.3. The molecule has 0 saturated heterocycles. The Morgan fingerprint density at radius 2 is 1.79 bits per heavy atom. The minimum atomic E-state index is -0.484. The predicted octanol–water partition coefficient (Wildman–Crippen LogP) is 3.36. The van der Waals surface area contributed by atoms with Crippen molar-refractivity contribution in [3.05, 3.63) is 53.6 Å². The van der Waals surface area contributed by atoms with Crippen LogP contribution in [0.4, 0.5) is 10.5 Å². The van der Waals surface area contributed by atoms with Crippen LogP contribution in [0, 0.1) is 0 Å². The van der Waals surface area contributed by atoms with Crippen molar-refractivity contribution in [2.24, 2.45) is 5.73 Å². The second-order valence-corrected chi connectivity index (χ2v) is 8.52. The number of hydrogen-bond donors (Lipinski definition) is 3. The molecule has 1 aliphatic heterocycles. The van der Waals surface area contributed by atoms with Gasteiger partial charge in [-0.15, -0.1) is 0 Å². The summed E-state index contributed by atoms with van der Waals surface area (Å²) in [5.41, 5.74) is 9.46. The first-order valence-electron chi connectivity index (χ1n) is 11.2. The van der Waals surface area contributed by atoms with Gasteiger partial charge in [-0.1, -0.05) is 18.2 Å². The number of anilines is 1. The predicted molar refractivity (Wildman–Crippen MR) is 128 cm³/mol. The van der Waals surface area contributed by atoms with Gasteiger partial charge in [0.05, 0.1) is 12.1 Å². The normalized spacial score (nSPS) is 17.3. The van der Waals surface area contributed by atoms with Crippen molar-refractivity contribution in [2.75, 3.05) is 18.0 Å². The number of carbonyl (C=O) groups excluding carboxylic acids is 3. The number of fused-ring (bicyclic) bond motifs is 1. The molecule has 8 heteroatoms. The first-order chi connectivity index (χ1) is 15.7. The molecule has 176 valence electrons. The van der Waals surface area contributed by atoms with Crippen molar-refractivity contribution in [2.45, 2.75) is 52.3 Å². The standard InChI is InChI=1S/C25H32N4O4/c1-15(2)33-25(32)28-22-13-16(3)29(17(4)30)23-10-9-20(14-21(22)23)18-5-7-19(8-6-18)24(31)27-12-11-26/h5-10,14-16,22H,11-13,26H2,1-4H3,(H,27,31)(H,28,32)/t16?,22-/m1/s1. The fraction of sp³-hybridized carbons (Fsp3) is 0.400. The van der Waals surface area contributed by atoms with E-state index in [9.17, 15) is 14.4 Å². The van der Waals surface area contributed by atoms with Crippen LogP contribution >= 0.6 is 0 Å². The quantitative estimate of drug-likeness (QED) is 0.622. The minimum Gasteiger partial charge on any atom is -0.447 e. The van der Waals surface area contributed by atoms with Crippen LogP contribution in [-0.4, -0.2) is 43.1 Å². The average molecular weight is 453 g/mol. The summed E-state index contributed by atoms with van der Waals surface area (Å²) in [5.74, 6) is -0.219. The highest BCUT2D eigenvalue weighted by molar-refractivity contribution is 5.95. The molecule has 0 aliphatic carbocycles. The highest BCUT2D eigenvalue weighted by atomic mass is 16.6. The van der Waals surface area contributed by atoms with Gasteiger partial charge in [0.25, 0.3) is 5.91 Å². The van der Waals surface area contributed by atoms with Gasteiger partial charge in [-0.2, -0.15) is 0 Å². The molecule has 4 N–H and O–H groups in total. The number of alkyl carbamates (subject to hydrolysis) is 1. The van der Waals surface area contributed by atoms with Crippen LogP contribution in [0.2, 0.25) is 0 Å². The maximum atomic E-state index is 12.3. The summed E-state index contributed by atoms with van der Waals surface area (Å²) in [6.45, 7) is 7.91. The van der Waals surface area contributed by atoms with E-state index >= 15 is 0 Å². The zero-order valence-electron chi connectivity index (χ0n) is 19.6. The summed E-state index contributed by atoms with van der Waals surface area (Å²) < 4.78 is 5.28. The fourth-order valence-electron chi connectivity index (χ4n) is 4.15. The smallest absolute Gasteiger partial charge is 0.407 e. The number of nitrogens with one attached hydrogen (secondary N) is 2. The van der Waals surface area contributed by atoms with Crippen LogP contribution < -0.4 is 21.3 Å². The highest BCUT2D eigenvalue weighted by Gasteiger charge is 2.33. The third kappa shape index (κ3) is 5.70. The largest absolute Gasteiger partial charge is 0.447 e. The van der Waals surface area contributed by atoms with Gasteiger partial charge in [0.2, 0.25) is 5.91 Å². The molecule has 2 atom stereocenters. The fourth-order valence-corrected chi connectivity index (χ4v) is 4.15. The van der Waals surface area contributed by atoms with Gasteiger partial charge in [0.1, 0.15) is 0 Å². The van der Waals surface area contributed by atoms with E-state index in [1.165, 1.54) is 0 Å². The van der Waals surface area contributed by atoms with E-state index in [2.05, 4.69) is 10.6 Å². The van der Waals surface area contributed by atoms with Gasteiger partial charge < -0.3 is 26.0 Å². The van der Waals surface area contributed by atoms with E-state index in [-0.39, 0.29) is 30.0 Å². The Morgan fingerprint density at radius 3 is 2.39 bits per heavy atom. The third-order valence-corrected chi connectivity index (χ3v) is 5.56. The van der Waals surface area contributed by atoms with E-state index in [1.807, 2.05) is 37.3 Å². The second-order valence-electron chi connectivity index (χ2n) is 8.52. The SMILES string of the molecule is CC(=O)N1c2ccc(-c3ccc(C(=O)NCCN)cc3)cc2[C@H](NC(=O)OC(C)C)CC1C. The molecule has 0 saturated carbocycles. The number of nitrogens with two attached hydrogens (primary N) is 1. The Kier molecular flexibility index (Phi) is 7.71. The number of ether oxygens (including phenoxy) is 1. The topological polar surface area (TPSA) is 114 Å². The van der Waals surface area contributed by atoms with Crippen LogP contribution in [0.25, 0.3) is 11.1 Å². The highest BCUT2D eigenvalue weighted by Crippen LogP contribution is 2.39. The van der Waals surface area contributed by atoms with E-state index < -0.39 is 6.09 Å². The zero-order valence-corrected chi connectivity index (χ0v) is 19.6. The molecule has 3 rings (SSSR count). The third-order valence-electron chi connectivity index (χ3n) is 5.56. The molecule has 3 amide bonds. The number of benzene rings is 2. The first kappa shape index (κ1) is 24.3. The Hall–Kier alpha value is -3.39. The molecule has 8 nitrogen and oxygen atoms in total. The lowest BCUT2D eigenvalue weighted by Crippen LogP contribution is -2.45. The van der Waals surface area contributed by atoms with Crippen molar-refractivity contribution < 1.29 is 19.1 Å². The molecule has 0 bridgehead atoms. The summed E-state index contributed by atoms with van der Waals surface area (Å²) >= 11 is 0. The lowest BCUT2D eigenvalue weighted by Gasteiger charge is -2.39. The van der Waals surface area contributed by atoms with Crippen LogP contribution in [0.3, 0.4) is 0 Å². The molecule has 0 spiro atoms. The van der Waals surface area contributed by atoms with Crippen molar-refractivity contribution in [3.8, 4) is 11.1 Å². The summed E-state index contributed by atoms with van der Waals surface area (Å²) in [4.78, 5) is 38.6. The van der Waals surface area contributed by atoms with Gasteiger partial charge in [-0.05, 0) is 68.1 Å². The lowest BCUT2D eigenvalue weighted by molar-refractivity contribution is -0.117. The molecule has 33 heavy (non-hydrogen) atoms. The zero-order chi connectivity index (χ0) is 24.1. The minimum absolute atomic E-state index is 0.0486. The van der Waals surface area contributed by atoms with Gasteiger partial charge >= 0.3 is 6.09 Å². The van der Waals surface area contributed by atoms with Gasteiger partial charge in [0, 0.05) is 37.3 Å². The maximum Gasteiger partial charge on any atom is 0.407 e. The number of amides is 3. The average Bonchev–Trinajstić information content (AvgIpc) is 2.76. The molecule has 0 fully saturated rings.